The van der Waals surface area contributed by atoms with Crippen LogP contribution in [0.1, 0.15) is 72.0 Å². The largest absolute Gasteiger partial charge is 2.00 e. The number of carbonyl (C=O) groups excluding carboxylic acids is 2. The van der Waals surface area contributed by atoms with E-state index in [1.165, 1.54) is 23.5 Å². The van der Waals surface area contributed by atoms with E-state index in [9.17, 15) is 14.9 Å². The van der Waals surface area contributed by atoms with Crippen molar-refractivity contribution in [2.75, 3.05) is 0 Å². The number of hydrogen-bond acceptors (Lipinski definition) is 9. The number of aryl methyl sites for hydroxylation is 2. The molecule has 0 amide bonds. The number of nitrogens with zero attached hydrogens (tertiary/aromatic N) is 8. The van der Waals surface area contributed by atoms with Gasteiger partial charge < -0.3 is 9.97 Å². The van der Waals surface area contributed by atoms with Crippen molar-refractivity contribution in [1.82, 2.24) is 19.9 Å². The predicted molar refractivity (Wildman–Crippen MR) is 207 cm³/mol. The van der Waals surface area contributed by atoms with Crippen molar-refractivity contribution in [2.24, 2.45) is 9.98 Å². The number of pyridine rings is 2. The summed E-state index contributed by atoms with van der Waals surface area (Å²) in [6, 6.07) is 9.87. The summed E-state index contributed by atoms with van der Waals surface area (Å²) >= 11 is 3.04. The fourth-order valence-corrected chi connectivity index (χ4v) is 8.00. The number of carbonyl (C=O) groups is 2. The van der Waals surface area contributed by atoms with Crippen LogP contribution in [-0.2, 0) is 21.6 Å². The van der Waals surface area contributed by atoms with E-state index in [2.05, 4.69) is 40.8 Å². The smallest absolute Gasteiger partial charge is 0.671 e. The molecule has 1 radical (unpaired) electrons. The van der Waals surface area contributed by atoms with Crippen molar-refractivity contribution in [2.45, 2.75) is 65.2 Å². The van der Waals surface area contributed by atoms with Gasteiger partial charge in [-0.05, 0) is 75.6 Å². The van der Waals surface area contributed by atoms with Crippen LogP contribution in [0.5, 0.6) is 0 Å². The molecule has 0 bridgehead atoms. The Kier molecular flexibility index (Phi) is 13.3. The molecule has 0 N–H and O–H groups in total. The van der Waals surface area contributed by atoms with Gasteiger partial charge in [0.1, 0.15) is 12.4 Å². The van der Waals surface area contributed by atoms with Crippen LogP contribution in [-0.4, -0.2) is 34.0 Å². The van der Waals surface area contributed by atoms with Gasteiger partial charge in [-0.15, -0.1) is 11.4 Å². The van der Waals surface area contributed by atoms with Crippen molar-refractivity contribution >= 4 is 63.0 Å². The Morgan fingerprint density at radius 2 is 1.23 bits per heavy atom. The Morgan fingerprint density at radius 1 is 0.736 bits per heavy atom. The quantitative estimate of drug-likeness (QED) is 0.0974. The maximum atomic E-state index is 11.4. The molecule has 13 heteroatoms. The van der Waals surface area contributed by atoms with E-state index < -0.39 is 0 Å². The van der Waals surface area contributed by atoms with Crippen molar-refractivity contribution in [3.8, 4) is 6.07 Å². The van der Waals surface area contributed by atoms with Gasteiger partial charge in [0.05, 0.1) is 29.3 Å². The zero-order chi connectivity index (χ0) is 37.7. The fraction of sp³-hybridized carbons (Fsp3) is 0.200. The first kappa shape index (κ1) is 40.5. The van der Waals surface area contributed by atoms with Crippen molar-refractivity contribution < 1.29 is 26.4 Å². The molecule has 267 valence electrons. The minimum Gasteiger partial charge on any atom is -0.671 e. The topological polar surface area (TPSA) is 141 Å². The Balaban J connectivity index is 0.000000232. The number of thioether (sulfide) groups is 2. The third-order valence-corrected chi connectivity index (χ3v) is 10.8. The summed E-state index contributed by atoms with van der Waals surface area (Å²) in [6.07, 6.45) is 8.60. The third kappa shape index (κ3) is 8.19. The molecule has 0 aliphatic carbocycles. The second-order valence-electron chi connectivity index (χ2n) is 11.9. The number of rotatable bonds is 8. The number of hydrogen-bond donors (Lipinski definition) is 0. The second-order valence-corrected chi connectivity index (χ2v) is 14.1. The van der Waals surface area contributed by atoms with Crippen molar-refractivity contribution in [3.63, 3.8) is 0 Å². The molecule has 0 saturated heterocycles. The number of aldehydes is 2. The Morgan fingerprint density at radius 3 is 1.64 bits per heavy atom. The van der Waals surface area contributed by atoms with Crippen molar-refractivity contribution in [3.05, 3.63) is 134 Å². The Hall–Kier alpha value is -5.31. The maximum Gasteiger partial charge on any atom is 2.00 e. The Labute approximate surface area is 327 Å². The van der Waals surface area contributed by atoms with Gasteiger partial charge in [0, 0.05) is 55.7 Å². The first-order valence-corrected chi connectivity index (χ1v) is 17.7. The van der Waals surface area contributed by atoms with Gasteiger partial charge in [-0.3, -0.25) is 29.5 Å². The number of aromatic nitrogens is 4. The SMILES string of the molecule is CC1=N/C(=C(/Sc2ccncc2)c2[n-]c(C)c(C=O)c2C)C(C)=C1C#N.[C-]#[N+]c1c(C)[n-]c(/C(Sc2ccncc2)=C2\N=C(C)C(C=O)=C2C)c1C.[Co+2]. The van der Waals surface area contributed by atoms with Crippen LogP contribution in [0.3, 0.4) is 0 Å². The summed E-state index contributed by atoms with van der Waals surface area (Å²) in [6.45, 7) is 22.3. The molecule has 0 fully saturated rings. The van der Waals surface area contributed by atoms with Crippen LogP contribution in [0.4, 0.5) is 5.69 Å². The van der Waals surface area contributed by atoms with Gasteiger partial charge in [-0.1, -0.05) is 55.4 Å². The zero-order valence-electron chi connectivity index (χ0n) is 30.3. The molecule has 0 aromatic carbocycles. The minimum atomic E-state index is 0. The summed E-state index contributed by atoms with van der Waals surface area (Å²) in [5.74, 6) is 0. The maximum absolute atomic E-state index is 11.4. The standard InChI is InChI=1S/2C20H18N4OS.Co/c1-11-16(10-25)13(3)23-18(11)20(26-15-6-8-22-9-7-15)19-12(2)17(21-5)14(4)24-19;1-11-16(9-21)13(3)23-18(11)20(26-15-5-7-22-8-6-15)19-12(2)17(10-25)14(4)24-19;/h6-10H,1-4H3,(H,23,24,25);5-8,10H,1-4H3,(H,23,24,25);/q;;+2/p-2. The molecule has 6 heterocycles. The fourth-order valence-electron chi connectivity index (χ4n) is 5.83. The molecule has 2 aliphatic heterocycles. The van der Waals surface area contributed by atoms with Crippen LogP contribution in [0, 0.1) is 45.6 Å². The van der Waals surface area contributed by atoms with Gasteiger partial charge in [0.2, 0.25) is 0 Å². The molecular weight excluding hydrogens is 748 g/mol. The van der Waals surface area contributed by atoms with Crippen LogP contribution >= 0.6 is 23.5 Å². The summed E-state index contributed by atoms with van der Waals surface area (Å²) in [5.41, 5.74) is 11.5. The molecule has 6 rings (SSSR count). The van der Waals surface area contributed by atoms with Gasteiger partial charge in [0.25, 0.3) is 0 Å². The monoisotopic (exact) mass is 781 g/mol. The number of aliphatic imine (C=N–C) groups is 2. The van der Waals surface area contributed by atoms with E-state index in [-0.39, 0.29) is 16.8 Å². The average Bonchev–Trinajstić information content (AvgIpc) is 3.80. The molecule has 0 atom stereocenters. The molecule has 10 nitrogen and oxygen atoms in total. The molecule has 53 heavy (non-hydrogen) atoms. The molecular formula is C40H34CoN8O2S2. The molecule has 2 aliphatic rings. The summed E-state index contributed by atoms with van der Waals surface area (Å²) in [7, 11) is 0. The minimum absolute atomic E-state index is 0. The normalized spacial score (nSPS) is 15.4. The summed E-state index contributed by atoms with van der Waals surface area (Å²) in [5, 5.41) is 9.42. The molecule has 0 spiro atoms. The van der Waals surface area contributed by atoms with Crippen LogP contribution in [0.25, 0.3) is 14.7 Å². The predicted octanol–water partition coefficient (Wildman–Crippen LogP) is 8.90. The van der Waals surface area contributed by atoms with Gasteiger partial charge in [-0.2, -0.15) is 16.6 Å². The van der Waals surface area contributed by atoms with Crippen LogP contribution in [0.15, 0.2) is 103 Å². The van der Waals surface area contributed by atoms with Crippen molar-refractivity contribution in [1.29, 1.82) is 5.26 Å². The molecule has 4 aromatic heterocycles. The van der Waals surface area contributed by atoms with E-state index in [1.54, 1.807) is 24.8 Å². The van der Waals surface area contributed by atoms with Crippen LogP contribution < -0.4 is 9.97 Å². The first-order chi connectivity index (χ1) is 24.9. The van der Waals surface area contributed by atoms with E-state index in [0.29, 0.717) is 45.2 Å². The number of allylic oxidation sites excluding steroid dienone is 4. The van der Waals surface area contributed by atoms with E-state index in [1.807, 2.05) is 79.7 Å². The molecule has 0 saturated carbocycles. The Bertz CT molecular complexity index is 2380. The third-order valence-electron chi connectivity index (χ3n) is 8.62. The number of nitriles is 1. The zero-order valence-corrected chi connectivity index (χ0v) is 33.0. The van der Waals surface area contributed by atoms with Gasteiger partial charge in [0.15, 0.2) is 12.0 Å². The second kappa shape index (κ2) is 17.5. The van der Waals surface area contributed by atoms with Crippen LogP contribution in [0.2, 0.25) is 0 Å². The molecule has 4 aromatic rings. The van der Waals surface area contributed by atoms with E-state index in [4.69, 9.17) is 6.57 Å². The van der Waals surface area contributed by atoms with Gasteiger partial charge in [-0.25, -0.2) is 4.85 Å². The van der Waals surface area contributed by atoms with E-state index in [0.717, 1.165) is 77.2 Å². The average molecular weight is 782 g/mol. The first-order valence-electron chi connectivity index (χ1n) is 16.1. The summed E-state index contributed by atoms with van der Waals surface area (Å²) in [4.78, 5) is 56.8. The molecule has 0 unspecified atom stereocenters. The summed E-state index contributed by atoms with van der Waals surface area (Å²) < 4.78 is 0. The van der Waals surface area contributed by atoms with E-state index >= 15 is 0 Å². The van der Waals surface area contributed by atoms with Gasteiger partial charge >= 0.3 is 16.8 Å².